The maximum atomic E-state index is 13.3. The Morgan fingerprint density at radius 1 is 1.18 bits per heavy atom. The van der Waals surface area contributed by atoms with Gasteiger partial charge in [0.1, 0.15) is 17.3 Å². The van der Waals surface area contributed by atoms with Gasteiger partial charge in [0, 0.05) is 35.9 Å². The third-order valence-electron chi connectivity index (χ3n) is 9.54. The summed E-state index contributed by atoms with van der Waals surface area (Å²) in [6.45, 7) is 4.18. The number of esters is 1. The van der Waals surface area contributed by atoms with Crippen molar-refractivity contribution in [3.8, 4) is 5.75 Å². The van der Waals surface area contributed by atoms with E-state index in [0.29, 0.717) is 36.3 Å². The summed E-state index contributed by atoms with van der Waals surface area (Å²) < 4.78 is 12.5. The lowest BCUT2D eigenvalue weighted by Crippen LogP contribution is -2.74. The van der Waals surface area contributed by atoms with E-state index in [-0.39, 0.29) is 30.8 Å². The fourth-order valence-corrected chi connectivity index (χ4v) is 7.34. The zero-order valence-electron chi connectivity index (χ0n) is 22.1. The Morgan fingerprint density at radius 3 is 2.68 bits per heavy atom. The maximum Gasteiger partial charge on any atom is 0.314 e. The van der Waals surface area contributed by atoms with Gasteiger partial charge in [-0.1, -0.05) is 56.3 Å². The third kappa shape index (κ3) is 3.45. The van der Waals surface area contributed by atoms with E-state index in [1.54, 1.807) is 13.0 Å². The highest BCUT2D eigenvalue weighted by molar-refractivity contribution is 5.89. The van der Waals surface area contributed by atoms with Gasteiger partial charge >= 0.3 is 5.97 Å². The number of piperidine rings is 1. The Bertz CT molecular complexity index is 1320. The number of hydrogen-bond donors (Lipinski definition) is 2. The first-order valence-electron chi connectivity index (χ1n) is 13.6. The van der Waals surface area contributed by atoms with Crippen LogP contribution in [0.2, 0.25) is 0 Å². The van der Waals surface area contributed by atoms with Crippen molar-refractivity contribution in [2.75, 3.05) is 13.6 Å². The molecule has 6 atom stereocenters. The number of benzene rings is 2. The van der Waals surface area contributed by atoms with Crippen LogP contribution in [0.25, 0.3) is 0 Å². The number of rotatable bonds is 7. The fourth-order valence-electron chi connectivity index (χ4n) is 7.34. The predicted octanol–water partition coefficient (Wildman–Crippen LogP) is 3.40. The second kappa shape index (κ2) is 9.04. The molecule has 2 bridgehead atoms. The number of carbonyl (C=O) groups excluding carboxylic acids is 2. The van der Waals surface area contributed by atoms with E-state index in [9.17, 15) is 19.8 Å². The molecule has 2 aromatic rings. The smallest absolute Gasteiger partial charge is 0.314 e. The molecule has 2 heterocycles. The predicted molar refractivity (Wildman–Crippen MR) is 141 cm³/mol. The molecule has 4 aliphatic rings. The number of ether oxygens (including phenoxy) is 2. The minimum absolute atomic E-state index is 0.0153. The molecule has 0 amide bonds. The molecule has 1 spiro atoms. The fraction of sp³-hybridized carbons (Fsp3) is 0.484. The summed E-state index contributed by atoms with van der Waals surface area (Å²) in [5.74, 6) is -0.425. The maximum absolute atomic E-state index is 13.3. The first-order valence-corrected chi connectivity index (χ1v) is 13.6. The van der Waals surface area contributed by atoms with Crippen molar-refractivity contribution in [2.45, 2.75) is 75.2 Å². The van der Waals surface area contributed by atoms with E-state index in [0.717, 1.165) is 23.2 Å². The molecule has 2 aliphatic carbocycles. The van der Waals surface area contributed by atoms with Crippen molar-refractivity contribution >= 4 is 11.8 Å². The molecule has 1 saturated heterocycles. The molecule has 1 fully saturated rings. The average Bonchev–Trinajstić information content (AvgIpc) is 3.28. The van der Waals surface area contributed by atoms with Crippen molar-refractivity contribution in [2.24, 2.45) is 5.92 Å². The van der Waals surface area contributed by atoms with Gasteiger partial charge in [0.2, 0.25) is 0 Å². The van der Waals surface area contributed by atoms with Gasteiger partial charge in [-0.15, -0.1) is 0 Å². The summed E-state index contributed by atoms with van der Waals surface area (Å²) in [6.07, 6.45) is 2.88. The van der Waals surface area contributed by atoms with Crippen LogP contribution in [0.1, 0.15) is 61.3 Å². The van der Waals surface area contributed by atoms with Gasteiger partial charge in [0.25, 0.3) is 0 Å². The van der Waals surface area contributed by atoms with Gasteiger partial charge < -0.3 is 24.6 Å². The van der Waals surface area contributed by atoms with Crippen LogP contribution in [0.4, 0.5) is 0 Å². The number of nitrogens with zero attached hydrogens (tertiary/aromatic N) is 1. The average molecular weight is 518 g/mol. The molecule has 2 aromatic carbocycles. The highest BCUT2D eigenvalue weighted by atomic mass is 16.6. The summed E-state index contributed by atoms with van der Waals surface area (Å²) in [5, 5.41) is 22.3. The number of aliphatic hydroxyl groups is 2. The van der Waals surface area contributed by atoms with Crippen LogP contribution in [0, 0.1) is 5.92 Å². The lowest BCUT2D eigenvalue weighted by molar-refractivity contribution is -0.170. The van der Waals surface area contributed by atoms with Gasteiger partial charge in [-0.3, -0.25) is 9.59 Å². The Kier molecular flexibility index (Phi) is 6.02. The Labute approximate surface area is 223 Å². The van der Waals surface area contributed by atoms with Crippen molar-refractivity contribution in [1.29, 1.82) is 0 Å². The summed E-state index contributed by atoms with van der Waals surface area (Å²) in [7, 11) is 2.04. The molecule has 6 rings (SSSR count). The summed E-state index contributed by atoms with van der Waals surface area (Å²) in [4.78, 5) is 28.4. The summed E-state index contributed by atoms with van der Waals surface area (Å²) in [6, 6.07) is 13.4. The first kappa shape index (κ1) is 25.3. The van der Waals surface area contributed by atoms with Gasteiger partial charge in [-0.05, 0) is 43.6 Å². The Balaban J connectivity index is 1.28. The van der Waals surface area contributed by atoms with Gasteiger partial charge in [0.15, 0.2) is 6.10 Å². The minimum atomic E-state index is -1.08. The molecule has 200 valence electrons. The molecule has 2 unspecified atom stereocenters. The molecule has 0 saturated carbocycles. The highest BCUT2D eigenvalue weighted by Gasteiger charge is 2.71. The van der Waals surface area contributed by atoms with Crippen LogP contribution in [0.15, 0.2) is 54.3 Å². The number of Topliss-reactive ketones (excluding diaryl/α,β-unsaturated/α-hetero) is 1. The van der Waals surface area contributed by atoms with Crippen molar-refractivity contribution in [3.63, 3.8) is 0 Å². The topological polar surface area (TPSA) is 96.3 Å². The number of likely N-dealkylation sites (tertiary alicyclic amines) is 1. The van der Waals surface area contributed by atoms with Crippen molar-refractivity contribution < 1.29 is 29.3 Å². The monoisotopic (exact) mass is 517 g/mol. The second-order valence-corrected chi connectivity index (χ2v) is 11.5. The van der Waals surface area contributed by atoms with Crippen LogP contribution in [0.5, 0.6) is 5.75 Å². The number of ketones is 1. The summed E-state index contributed by atoms with van der Waals surface area (Å²) in [5.41, 5.74) is 1.83. The van der Waals surface area contributed by atoms with Crippen LogP contribution >= 0.6 is 0 Å². The number of hydrogen-bond acceptors (Lipinski definition) is 7. The number of likely N-dealkylation sites (N-methyl/N-ethyl adjacent to an activating group) is 1. The third-order valence-corrected chi connectivity index (χ3v) is 9.54. The van der Waals surface area contributed by atoms with Crippen molar-refractivity contribution in [3.05, 3.63) is 76.6 Å². The molecule has 0 aromatic heterocycles. The zero-order valence-corrected chi connectivity index (χ0v) is 22.1. The Hall–Kier alpha value is -3.00. The van der Waals surface area contributed by atoms with E-state index < -0.39 is 29.0 Å². The minimum Gasteiger partial charge on any atom is -0.481 e. The number of carbonyl (C=O) groups is 2. The molecule has 7 nitrogen and oxygen atoms in total. The largest absolute Gasteiger partial charge is 0.481 e. The standard InChI is InChI=1S/C31H35NO6/c1-18(15-23(34)19(2)20-7-5-4-6-8-20)29(35)37-24-11-12-31(36)25-16-21-9-10-22(17-33)27-26(21)30(31,28(24)38-27)13-14-32(25)3/h4-11,18-19,25,28,33,36H,12-17H2,1-3H3/t18-,19+,25-,28?,30?,31-/m1/s1. The van der Waals surface area contributed by atoms with Crippen LogP contribution < -0.4 is 4.74 Å². The molecular formula is C31H35NO6. The molecule has 2 N–H and O–H groups in total. The lowest BCUT2D eigenvalue weighted by atomic mass is 9.50. The lowest BCUT2D eigenvalue weighted by Gasteiger charge is -2.61. The van der Waals surface area contributed by atoms with Gasteiger partial charge in [0.05, 0.1) is 23.5 Å². The SMILES string of the molecule is C[C@H](CC(=O)[C@@H](C)c1ccccc1)C(=O)OC1=CC[C@@]2(O)[C@H]3Cc4ccc(CO)c5c4C2(CCN3C)C1O5. The van der Waals surface area contributed by atoms with E-state index in [4.69, 9.17) is 9.47 Å². The zero-order chi connectivity index (χ0) is 26.8. The van der Waals surface area contributed by atoms with E-state index in [1.165, 1.54) is 0 Å². The van der Waals surface area contributed by atoms with Gasteiger partial charge in [-0.25, -0.2) is 0 Å². The molecule has 7 heteroatoms. The van der Waals surface area contributed by atoms with Gasteiger partial charge in [-0.2, -0.15) is 0 Å². The van der Waals surface area contributed by atoms with Crippen LogP contribution in [-0.2, 0) is 32.8 Å². The molecule has 2 aliphatic heterocycles. The highest BCUT2D eigenvalue weighted by Crippen LogP contribution is 2.64. The van der Waals surface area contributed by atoms with Crippen LogP contribution in [0.3, 0.4) is 0 Å². The second-order valence-electron chi connectivity index (χ2n) is 11.5. The molecule has 0 radical (unpaired) electrons. The molecule has 38 heavy (non-hydrogen) atoms. The van der Waals surface area contributed by atoms with E-state index >= 15 is 0 Å². The van der Waals surface area contributed by atoms with E-state index in [1.807, 2.05) is 56.4 Å². The van der Waals surface area contributed by atoms with Crippen molar-refractivity contribution in [1.82, 2.24) is 4.90 Å². The number of aliphatic hydroxyl groups excluding tert-OH is 1. The first-order chi connectivity index (χ1) is 18.2. The van der Waals surface area contributed by atoms with E-state index in [2.05, 4.69) is 4.90 Å². The Morgan fingerprint density at radius 2 is 1.95 bits per heavy atom. The molecular weight excluding hydrogens is 482 g/mol. The van der Waals surface area contributed by atoms with Crippen LogP contribution in [-0.4, -0.2) is 58.2 Å². The quantitative estimate of drug-likeness (QED) is 0.544. The normalized spacial score (nSPS) is 30.5. The summed E-state index contributed by atoms with van der Waals surface area (Å²) >= 11 is 0.